The van der Waals surface area contributed by atoms with E-state index in [1.54, 1.807) is 12.5 Å². The van der Waals surface area contributed by atoms with Crippen LogP contribution in [0.25, 0.3) is 0 Å². The average Bonchev–Trinajstić information content (AvgIpc) is 2.44. The molecule has 0 fully saturated rings. The average molecular weight is 257 g/mol. The lowest BCUT2D eigenvalue weighted by Gasteiger charge is -2.09. The number of nitrogens with zero attached hydrogens (tertiary/aromatic N) is 3. The van der Waals surface area contributed by atoms with Gasteiger partial charge < -0.3 is 10.6 Å². The van der Waals surface area contributed by atoms with Crippen LogP contribution in [0.4, 0.5) is 11.6 Å². The Morgan fingerprint density at radius 1 is 1.05 bits per heavy atom. The van der Waals surface area contributed by atoms with Gasteiger partial charge in [-0.25, -0.2) is 9.97 Å². The molecular formula is C14H19N5. The molecule has 2 N–H and O–H groups in total. The molecule has 2 aromatic rings. The van der Waals surface area contributed by atoms with Gasteiger partial charge in [0.1, 0.15) is 18.0 Å². The van der Waals surface area contributed by atoms with Crippen LogP contribution >= 0.6 is 0 Å². The quantitative estimate of drug-likeness (QED) is 0.832. The van der Waals surface area contributed by atoms with Crippen molar-refractivity contribution in [3.8, 4) is 0 Å². The van der Waals surface area contributed by atoms with Crippen molar-refractivity contribution in [1.82, 2.24) is 15.0 Å². The molecule has 2 aromatic heterocycles. The highest BCUT2D eigenvalue weighted by molar-refractivity contribution is 5.46. The predicted molar refractivity (Wildman–Crippen MR) is 76.9 cm³/mol. The summed E-state index contributed by atoms with van der Waals surface area (Å²) in [7, 11) is 0. The fourth-order valence-corrected chi connectivity index (χ4v) is 1.54. The molecule has 0 aliphatic carbocycles. The van der Waals surface area contributed by atoms with Crippen LogP contribution < -0.4 is 10.6 Å². The molecule has 5 nitrogen and oxygen atoms in total. The second-order valence-corrected chi connectivity index (χ2v) is 4.74. The molecule has 0 unspecified atom stereocenters. The van der Waals surface area contributed by atoms with E-state index in [9.17, 15) is 0 Å². The molecule has 0 spiro atoms. The molecule has 0 saturated heterocycles. The van der Waals surface area contributed by atoms with E-state index >= 15 is 0 Å². The summed E-state index contributed by atoms with van der Waals surface area (Å²) >= 11 is 0. The van der Waals surface area contributed by atoms with Crippen molar-refractivity contribution in [2.24, 2.45) is 5.92 Å². The fraction of sp³-hybridized carbons (Fsp3) is 0.357. The molecular weight excluding hydrogens is 238 g/mol. The SMILES string of the molecule is CC(C)CNc1cc(NCc2ccccn2)ncn1. The third kappa shape index (κ3) is 4.54. The van der Waals surface area contributed by atoms with E-state index in [2.05, 4.69) is 39.4 Å². The van der Waals surface area contributed by atoms with Gasteiger partial charge in [0.15, 0.2) is 0 Å². The molecule has 0 radical (unpaired) electrons. The van der Waals surface area contributed by atoms with Crippen LogP contribution in [0.2, 0.25) is 0 Å². The van der Waals surface area contributed by atoms with E-state index in [0.29, 0.717) is 12.5 Å². The Morgan fingerprint density at radius 2 is 1.84 bits per heavy atom. The van der Waals surface area contributed by atoms with Crippen LogP contribution in [0.5, 0.6) is 0 Å². The van der Waals surface area contributed by atoms with Gasteiger partial charge in [-0.3, -0.25) is 4.98 Å². The van der Waals surface area contributed by atoms with Crippen molar-refractivity contribution in [2.45, 2.75) is 20.4 Å². The Morgan fingerprint density at radius 3 is 2.53 bits per heavy atom. The molecule has 19 heavy (non-hydrogen) atoms. The molecule has 2 rings (SSSR count). The van der Waals surface area contributed by atoms with Crippen LogP contribution in [0, 0.1) is 5.92 Å². The van der Waals surface area contributed by atoms with E-state index in [0.717, 1.165) is 23.9 Å². The monoisotopic (exact) mass is 257 g/mol. The Kier molecular flexibility index (Phi) is 4.66. The second kappa shape index (κ2) is 6.68. The Labute approximate surface area is 113 Å². The van der Waals surface area contributed by atoms with Gasteiger partial charge in [0.05, 0.1) is 12.2 Å². The van der Waals surface area contributed by atoms with E-state index in [1.165, 1.54) is 0 Å². The van der Waals surface area contributed by atoms with Gasteiger partial charge in [-0.1, -0.05) is 19.9 Å². The van der Waals surface area contributed by atoms with E-state index in [-0.39, 0.29) is 0 Å². The van der Waals surface area contributed by atoms with Crippen LogP contribution in [0.15, 0.2) is 36.8 Å². The smallest absolute Gasteiger partial charge is 0.131 e. The Bertz CT molecular complexity index is 498. The first kappa shape index (κ1) is 13.3. The lowest BCUT2D eigenvalue weighted by atomic mass is 10.2. The normalized spacial score (nSPS) is 10.5. The summed E-state index contributed by atoms with van der Waals surface area (Å²) < 4.78 is 0. The second-order valence-electron chi connectivity index (χ2n) is 4.74. The first-order valence-electron chi connectivity index (χ1n) is 6.44. The lowest BCUT2D eigenvalue weighted by molar-refractivity contribution is 0.687. The van der Waals surface area contributed by atoms with Gasteiger partial charge in [-0.05, 0) is 18.1 Å². The van der Waals surface area contributed by atoms with Gasteiger partial charge in [-0.15, -0.1) is 0 Å². The highest BCUT2D eigenvalue weighted by atomic mass is 15.1. The number of rotatable bonds is 6. The number of pyridine rings is 1. The van der Waals surface area contributed by atoms with Crippen molar-refractivity contribution in [3.63, 3.8) is 0 Å². The number of hydrogen-bond acceptors (Lipinski definition) is 5. The summed E-state index contributed by atoms with van der Waals surface area (Å²) in [4.78, 5) is 12.6. The van der Waals surface area contributed by atoms with Crippen molar-refractivity contribution >= 4 is 11.6 Å². The van der Waals surface area contributed by atoms with Crippen molar-refractivity contribution < 1.29 is 0 Å². The standard InChI is InChI=1S/C14H19N5/c1-11(2)8-16-13-7-14(19-10-18-13)17-9-12-5-3-4-6-15-12/h3-7,10-11H,8-9H2,1-2H3,(H2,16,17,18,19). The minimum absolute atomic E-state index is 0.583. The zero-order valence-corrected chi connectivity index (χ0v) is 11.3. The first-order chi connectivity index (χ1) is 9.24. The highest BCUT2D eigenvalue weighted by Gasteiger charge is 2.00. The summed E-state index contributed by atoms with van der Waals surface area (Å²) in [6, 6.07) is 7.76. The van der Waals surface area contributed by atoms with Gasteiger partial charge in [0.25, 0.3) is 0 Å². The first-order valence-corrected chi connectivity index (χ1v) is 6.44. The summed E-state index contributed by atoms with van der Waals surface area (Å²) in [6.07, 6.45) is 3.34. The van der Waals surface area contributed by atoms with Crippen molar-refractivity contribution in [1.29, 1.82) is 0 Å². The molecule has 5 heteroatoms. The van der Waals surface area contributed by atoms with Gasteiger partial charge in [0.2, 0.25) is 0 Å². The maximum absolute atomic E-state index is 4.25. The van der Waals surface area contributed by atoms with E-state index in [4.69, 9.17) is 0 Å². The zero-order valence-electron chi connectivity index (χ0n) is 11.3. The number of hydrogen-bond donors (Lipinski definition) is 2. The lowest BCUT2D eigenvalue weighted by Crippen LogP contribution is -2.10. The van der Waals surface area contributed by atoms with Gasteiger partial charge in [-0.2, -0.15) is 0 Å². The minimum Gasteiger partial charge on any atom is -0.370 e. The molecule has 0 saturated carbocycles. The number of anilines is 2. The van der Waals surface area contributed by atoms with Crippen LogP contribution in [0.1, 0.15) is 19.5 Å². The number of nitrogens with one attached hydrogen (secondary N) is 2. The third-order valence-electron chi connectivity index (χ3n) is 2.54. The molecule has 0 aliphatic heterocycles. The van der Waals surface area contributed by atoms with E-state index in [1.807, 2.05) is 24.3 Å². The Balaban J connectivity index is 1.91. The van der Waals surface area contributed by atoms with Gasteiger partial charge in [0, 0.05) is 18.8 Å². The summed E-state index contributed by atoms with van der Waals surface area (Å²) in [5.41, 5.74) is 0.984. The molecule has 0 bridgehead atoms. The molecule has 0 aromatic carbocycles. The zero-order chi connectivity index (χ0) is 13.5. The fourth-order valence-electron chi connectivity index (χ4n) is 1.54. The van der Waals surface area contributed by atoms with Gasteiger partial charge >= 0.3 is 0 Å². The third-order valence-corrected chi connectivity index (χ3v) is 2.54. The maximum Gasteiger partial charge on any atom is 0.131 e. The summed E-state index contributed by atoms with van der Waals surface area (Å²) in [6.45, 7) is 5.88. The molecule has 0 atom stereocenters. The van der Waals surface area contributed by atoms with Crippen molar-refractivity contribution in [2.75, 3.05) is 17.2 Å². The Hall–Kier alpha value is -2.17. The van der Waals surface area contributed by atoms with Crippen LogP contribution in [0.3, 0.4) is 0 Å². The van der Waals surface area contributed by atoms with Crippen molar-refractivity contribution in [3.05, 3.63) is 42.5 Å². The summed E-state index contributed by atoms with van der Waals surface area (Å²) in [5.74, 6) is 2.22. The molecule has 0 aliphatic rings. The largest absolute Gasteiger partial charge is 0.370 e. The molecule has 2 heterocycles. The minimum atomic E-state index is 0.583. The highest BCUT2D eigenvalue weighted by Crippen LogP contribution is 2.10. The molecule has 0 amide bonds. The molecule has 100 valence electrons. The van der Waals surface area contributed by atoms with Crippen LogP contribution in [-0.4, -0.2) is 21.5 Å². The maximum atomic E-state index is 4.25. The number of aromatic nitrogens is 3. The van der Waals surface area contributed by atoms with E-state index < -0.39 is 0 Å². The topological polar surface area (TPSA) is 62.7 Å². The van der Waals surface area contributed by atoms with Crippen LogP contribution in [-0.2, 0) is 6.54 Å². The summed E-state index contributed by atoms with van der Waals surface area (Å²) in [5, 5.41) is 6.51. The predicted octanol–water partition coefficient (Wildman–Crippen LogP) is 2.55.